The molecule has 0 aliphatic carbocycles. The third kappa shape index (κ3) is 13.0. The maximum atomic E-state index is 12.5. The summed E-state index contributed by atoms with van der Waals surface area (Å²) in [6.45, 7) is 14.9. The van der Waals surface area contributed by atoms with E-state index in [1.807, 2.05) is 59.8 Å². The predicted molar refractivity (Wildman–Crippen MR) is 222 cm³/mol. The maximum absolute atomic E-state index is 12.5. The highest BCUT2D eigenvalue weighted by Gasteiger charge is 2.45. The van der Waals surface area contributed by atoms with Crippen LogP contribution >= 0.6 is 23.2 Å². The Balaban J connectivity index is 0.000000291. The minimum Gasteiger partial charge on any atom is -0.491 e. The van der Waals surface area contributed by atoms with Crippen molar-refractivity contribution in [3.8, 4) is 5.75 Å². The van der Waals surface area contributed by atoms with E-state index >= 15 is 0 Å². The van der Waals surface area contributed by atoms with Crippen molar-refractivity contribution in [3.05, 3.63) is 76.8 Å². The number of hydrogen-bond donors (Lipinski definition) is 5. The highest BCUT2D eigenvalue weighted by atomic mass is 35.5. The molecular formula is C41H57Cl2N7O9. The molecule has 4 amide bonds. The number of carbonyl (C=O) groups is 4. The molecule has 1 aromatic heterocycles. The van der Waals surface area contributed by atoms with Crippen LogP contribution in [0.4, 0.5) is 5.69 Å². The Labute approximate surface area is 355 Å². The van der Waals surface area contributed by atoms with E-state index in [1.165, 1.54) is 12.5 Å². The maximum Gasteiger partial charge on any atom is 0.272 e. The van der Waals surface area contributed by atoms with Crippen LogP contribution in [0.3, 0.4) is 0 Å². The Morgan fingerprint density at radius 1 is 1.02 bits per heavy atom. The number of amides is 4. The van der Waals surface area contributed by atoms with Gasteiger partial charge in [-0.15, -0.1) is 0 Å². The van der Waals surface area contributed by atoms with E-state index in [2.05, 4.69) is 20.5 Å². The SMILES string of the molecule is CC(=O)N1CCN(c2ccc(OC[C@H]3CO[C@](Cn4ccnc4)(c4ccc(Cl)cc4Cl)O3)cc2)CC1.CNC(=O)[C@@H](NC(=O)[C@H](CC(C)C)[C@H](O)C(=O)NO)C(C)(C)C. The molecular weight excluding hydrogens is 805 g/mol. The van der Waals surface area contributed by atoms with Gasteiger partial charge >= 0.3 is 0 Å². The van der Waals surface area contributed by atoms with E-state index in [0.29, 0.717) is 35.4 Å². The van der Waals surface area contributed by atoms with E-state index in [9.17, 15) is 24.3 Å². The summed E-state index contributed by atoms with van der Waals surface area (Å²) in [5.41, 5.74) is 2.61. The first-order chi connectivity index (χ1) is 27.9. The molecule has 0 radical (unpaired) electrons. The molecule has 5 rings (SSSR count). The van der Waals surface area contributed by atoms with Crippen molar-refractivity contribution in [1.82, 2.24) is 30.6 Å². The number of imidazole rings is 1. The highest BCUT2D eigenvalue weighted by molar-refractivity contribution is 6.35. The number of aliphatic hydroxyl groups is 1. The number of nitrogens with one attached hydrogen (secondary N) is 3. The summed E-state index contributed by atoms with van der Waals surface area (Å²) < 4.78 is 20.6. The molecule has 5 atom stereocenters. The van der Waals surface area contributed by atoms with E-state index in [4.69, 9.17) is 42.6 Å². The summed E-state index contributed by atoms with van der Waals surface area (Å²) in [5.74, 6) is -3.28. The van der Waals surface area contributed by atoms with Gasteiger partial charge in [0, 0.05) is 68.8 Å². The summed E-state index contributed by atoms with van der Waals surface area (Å²) in [4.78, 5) is 55.8. The van der Waals surface area contributed by atoms with Crippen LogP contribution in [0.1, 0.15) is 53.5 Å². The molecule has 0 spiro atoms. The van der Waals surface area contributed by atoms with Crippen LogP contribution in [0.5, 0.6) is 5.75 Å². The summed E-state index contributed by atoms with van der Waals surface area (Å²) in [5, 5.41) is 24.7. The van der Waals surface area contributed by atoms with Crippen molar-refractivity contribution in [3.63, 3.8) is 0 Å². The van der Waals surface area contributed by atoms with Crippen LogP contribution in [0.15, 0.2) is 61.2 Å². The molecule has 5 N–H and O–H groups in total. The molecule has 3 heterocycles. The normalized spacial score (nSPS) is 19.6. The number of benzene rings is 2. The molecule has 2 aliphatic rings. The molecule has 324 valence electrons. The molecule has 59 heavy (non-hydrogen) atoms. The number of halogens is 2. The van der Waals surface area contributed by atoms with Gasteiger partial charge in [0.05, 0.1) is 30.4 Å². The van der Waals surface area contributed by atoms with Crippen LogP contribution in [0.25, 0.3) is 0 Å². The molecule has 3 aromatic rings. The van der Waals surface area contributed by atoms with Gasteiger partial charge in [-0.1, -0.05) is 63.9 Å². The number of nitrogens with zero attached hydrogens (tertiary/aromatic N) is 4. The lowest BCUT2D eigenvalue weighted by Gasteiger charge is -2.35. The van der Waals surface area contributed by atoms with Gasteiger partial charge in [0.15, 0.2) is 0 Å². The number of ether oxygens (including phenoxy) is 3. The highest BCUT2D eigenvalue weighted by Crippen LogP contribution is 2.40. The Bertz CT molecular complexity index is 1850. The minimum absolute atomic E-state index is 0.0278. The monoisotopic (exact) mass is 861 g/mol. The lowest BCUT2D eigenvalue weighted by Crippen LogP contribution is -2.56. The zero-order valence-electron chi connectivity index (χ0n) is 34.6. The first kappa shape index (κ1) is 47.2. The average Bonchev–Trinajstić information content (AvgIpc) is 3.87. The number of hydroxylamine groups is 1. The van der Waals surface area contributed by atoms with Gasteiger partial charge in [0.2, 0.25) is 23.5 Å². The molecule has 2 saturated heterocycles. The van der Waals surface area contributed by atoms with Gasteiger partial charge in [-0.05, 0) is 54.2 Å². The van der Waals surface area contributed by atoms with Crippen molar-refractivity contribution < 1.29 is 43.7 Å². The second-order valence-corrected chi connectivity index (χ2v) is 16.9. The zero-order valence-corrected chi connectivity index (χ0v) is 36.1. The van der Waals surface area contributed by atoms with Gasteiger partial charge in [-0.25, -0.2) is 10.5 Å². The zero-order chi connectivity index (χ0) is 43.5. The standard InChI is InChI=1S/C26H28Cl2N4O4.C15H29N3O5/c1-19(33)31-10-12-32(13-11-31)21-3-5-22(6-4-21)34-15-23-16-35-26(36-23,17-30-9-8-29-18-30)24-7-2-20(27)14-25(24)28;1-8(2)7-9(10(19)13(21)18-23)12(20)17-11(14(22)16-6)15(3,4)5/h2-9,14,18,23H,10-13,15-17H2,1H3;8-11,19,23H,7H2,1-6H3,(H,16,22)(H,17,20)(H,18,21)/t23-,26-;9-,10+,11-/m01/s1. The van der Waals surface area contributed by atoms with Crippen LogP contribution in [0, 0.1) is 17.3 Å². The fourth-order valence-electron chi connectivity index (χ4n) is 6.80. The van der Waals surface area contributed by atoms with Crippen LogP contribution in [0.2, 0.25) is 10.0 Å². The number of aliphatic hydroxyl groups excluding tert-OH is 1. The third-order valence-electron chi connectivity index (χ3n) is 10.00. The Morgan fingerprint density at radius 2 is 1.69 bits per heavy atom. The fraction of sp³-hybridized carbons (Fsp3) is 0.537. The summed E-state index contributed by atoms with van der Waals surface area (Å²) in [6.07, 6.45) is 3.50. The van der Waals surface area contributed by atoms with Crippen molar-refractivity contribution >= 4 is 52.5 Å². The lowest BCUT2D eigenvalue weighted by molar-refractivity contribution is -0.189. The second-order valence-electron chi connectivity index (χ2n) is 16.0. The van der Waals surface area contributed by atoms with Gasteiger partial charge < -0.3 is 44.3 Å². The quantitative estimate of drug-likeness (QED) is 0.116. The number of carbonyl (C=O) groups excluding carboxylic acids is 4. The molecule has 0 bridgehead atoms. The number of rotatable bonds is 14. The Kier molecular flexibility index (Phi) is 17.0. The van der Waals surface area contributed by atoms with Crippen LogP contribution in [-0.4, -0.2) is 113 Å². The number of hydrogen-bond acceptors (Lipinski definition) is 11. The molecule has 2 aliphatic heterocycles. The Hall–Kier alpha value is -4.45. The van der Waals surface area contributed by atoms with Gasteiger partial charge in [-0.2, -0.15) is 0 Å². The summed E-state index contributed by atoms with van der Waals surface area (Å²) in [7, 11) is 1.47. The van der Waals surface area contributed by atoms with Crippen molar-refractivity contribution in [1.29, 1.82) is 0 Å². The van der Waals surface area contributed by atoms with Gasteiger partial charge in [-0.3, -0.25) is 24.4 Å². The minimum atomic E-state index is -1.70. The predicted octanol–water partition coefficient (Wildman–Crippen LogP) is 4.00. The average molecular weight is 863 g/mol. The van der Waals surface area contributed by atoms with E-state index in [0.717, 1.165) is 37.6 Å². The number of aromatic nitrogens is 2. The topological polar surface area (TPSA) is 197 Å². The number of likely N-dealkylation sites (N-methyl/N-ethyl adjacent to an activating group) is 1. The van der Waals surface area contributed by atoms with Crippen LogP contribution in [-0.2, 0) is 41.0 Å². The molecule has 16 nitrogen and oxygen atoms in total. The molecule has 2 aromatic carbocycles. The van der Waals surface area contributed by atoms with Gasteiger partial charge in [0.25, 0.3) is 5.91 Å². The van der Waals surface area contributed by atoms with Crippen molar-refractivity contribution in [2.24, 2.45) is 17.3 Å². The largest absolute Gasteiger partial charge is 0.491 e. The smallest absolute Gasteiger partial charge is 0.272 e. The second kappa shape index (κ2) is 21.2. The number of anilines is 1. The molecule has 0 unspecified atom stereocenters. The van der Waals surface area contributed by atoms with Crippen LogP contribution < -0.4 is 25.8 Å². The third-order valence-corrected chi connectivity index (χ3v) is 10.5. The molecule has 18 heteroatoms. The van der Waals surface area contributed by atoms with Gasteiger partial charge in [0.1, 0.15) is 30.6 Å². The molecule has 2 fully saturated rings. The lowest BCUT2D eigenvalue weighted by atomic mass is 9.84. The van der Waals surface area contributed by atoms with E-state index in [1.54, 1.807) is 52.4 Å². The first-order valence-electron chi connectivity index (χ1n) is 19.5. The van der Waals surface area contributed by atoms with Crippen molar-refractivity contribution in [2.45, 2.75) is 78.5 Å². The van der Waals surface area contributed by atoms with Crippen molar-refractivity contribution in [2.75, 3.05) is 51.3 Å². The molecule has 0 saturated carbocycles. The fourth-order valence-corrected chi connectivity index (χ4v) is 7.35. The van der Waals surface area contributed by atoms with E-state index in [-0.39, 0.29) is 30.3 Å². The van der Waals surface area contributed by atoms with E-state index < -0.39 is 41.1 Å². The summed E-state index contributed by atoms with van der Waals surface area (Å²) in [6, 6.07) is 12.5. The Morgan fingerprint density at radius 3 is 2.24 bits per heavy atom. The number of piperazine rings is 1. The summed E-state index contributed by atoms with van der Waals surface area (Å²) >= 11 is 12.7. The first-order valence-corrected chi connectivity index (χ1v) is 20.2.